The van der Waals surface area contributed by atoms with Gasteiger partial charge in [0.05, 0.1) is 43.5 Å². The molecule has 1 aliphatic rings. The molecule has 0 radical (unpaired) electrons. The summed E-state index contributed by atoms with van der Waals surface area (Å²) in [5.74, 6) is -2.36. The molecule has 0 saturated carbocycles. The molecule has 0 aromatic carbocycles. The quantitative estimate of drug-likeness (QED) is 0.0388. The monoisotopic (exact) mass is 867 g/mol. The second kappa shape index (κ2) is 36.8. The van der Waals surface area contributed by atoms with Crippen molar-refractivity contribution in [3.63, 3.8) is 0 Å². The lowest BCUT2D eigenvalue weighted by Crippen LogP contribution is -2.33. The molecule has 0 atom stereocenters. The summed E-state index contributed by atoms with van der Waals surface area (Å²) in [5.41, 5.74) is 2.36. The molecule has 1 aromatic heterocycles. The number of hydrogen-bond acceptors (Lipinski definition) is 10. The van der Waals surface area contributed by atoms with Gasteiger partial charge in [-0.25, -0.2) is 9.59 Å². The standard InChI is InChI=1S/C52H86N2O8/c1-5-7-9-11-13-15-17-19-21-23-25-27-29-35-46(55)59-38-32-40-61-51(57)48-43(3)54-44(4)49(50(48)45-34-31-37-53-42-45)52(58)62-41-33-39-60-47(56)36-30-28-26-24-22-20-18-16-14-12-10-8-6-2/h31,34,37,42,50,54H,5-30,32-33,35-36,38-41H2,1-4H3. The second-order valence-corrected chi connectivity index (χ2v) is 17.3. The molecule has 1 N–H and O–H groups in total. The van der Waals surface area contributed by atoms with Crippen molar-refractivity contribution in [2.45, 2.75) is 226 Å². The van der Waals surface area contributed by atoms with Gasteiger partial charge in [0.1, 0.15) is 0 Å². The predicted molar refractivity (Wildman–Crippen MR) is 249 cm³/mol. The zero-order valence-corrected chi connectivity index (χ0v) is 39.6. The maximum atomic E-state index is 13.6. The van der Waals surface area contributed by atoms with Crippen LogP contribution >= 0.6 is 0 Å². The Hall–Kier alpha value is -3.69. The molecule has 1 aliphatic heterocycles. The van der Waals surface area contributed by atoms with Crippen LogP contribution in [0.4, 0.5) is 0 Å². The number of nitrogens with zero attached hydrogens (tertiary/aromatic N) is 1. The summed E-state index contributed by atoms with van der Waals surface area (Å²) in [5, 5.41) is 3.17. The van der Waals surface area contributed by atoms with E-state index in [1.165, 1.54) is 128 Å². The SMILES string of the molecule is CCCCCCCCCCCCCCCC(=O)OCCCOC(=O)C1=C(C)NC(C)=C(C(=O)OCCCOC(=O)CCCCCCCCCCCCCCC)C1c1cccnc1. The molecule has 0 aliphatic carbocycles. The van der Waals surface area contributed by atoms with E-state index in [-0.39, 0.29) is 49.5 Å². The number of rotatable bonds is 39. The maximum Gasteiger partial charge on any atom is 0.336 e. The lowest BCUT2D eigenvalue weighted by molar-refractivity contribution is -0.146. The molecule has 2 rings (SSSR count). The van der Waals surface area contributed by atoms with E-state index in [1.54, 1.807) is 32.3 Å². The molecule has 0 bridgehead atoms. The van der Waals surface area contributed by atoms with Gasteiger partial charge in [-0.2, -0.15) is 0 Å². The average molecular weight is 867 g/mol. The third kappa shape index (κ3) is 25.4. The Balaban J connectivity index is 1.66. The van der Waals surface area contributed by atoms with Gasteiger partial charge in [-0.3, -0.25) is 14.6 Å². The molecule has 352 valence electrons. The molecule has 0 unspecified atom stereocenters. The van der Waals surface area contributed by atoms with Crippen LogP contribution in [0.25, 0.3) is 0 Å². The molecule has 0 amide bonds. The first kappa shape index (κ1) is 54.4. The number of dihydropyridines is 1. The van der Waals surface area contributed by atoms with Gasteiger partial charge in [0, 0.05) is 49.5 Å². The fraction of sp³-hybridized carbons (Fsp3) is 0.750. The van der Waals surface area contributed by atoms with Gasteiger partial charge < -0.3 is 24.3 Å². The molecule has 0 saturated heterocycles. The molecule has 62 heavy (non-hydrogen) atoms. The minimum atomic E-state index is -0.763. The minimum Gasteiger partial charge on any atom is -0.466 e. The Morgan fingerprint density at radius 3 is 1.16 bits per heavy atom. The highest BCUT2D eigenvalue weighted by molar-refractivity contribution is 5.99. The van der Waals surface area contributed by atoms with Crippen LogP contribution in [0.1, 0.15) is 232 Å². The Morgan fingerprint density at radius 1 is 0.484 bits per heavy atom. The van der Waals surface area contributed by atoms with Gasteiger partial charge in [0.15, 0.2) is 0 Å². The van der Waals surface area contributed by atoms with Crippen LogP contribution in [0.2, 0.25) is 0 Å². The van der Waals surface area contributed by atoms with E-state index in [2.05, 4.69) is 24.1 Å². The number of pyridine rings is 1. The molecular weight excluding hydrogens is 781 g/mol. The summed E-state index contributed by atoms with van der Waals surface area (Å²) in [6, 6.07) is 3.57. The van der Waals surface area contributed by atoms with Crippen molar-refractivity contribution in [3.8, 4) is 0 Å². The molecule has 0 fully saturated rings. The third-order valence-corrected chi connectivity index (χ3v) is 11.8. The van der Waals surface area contributed by atoms with Gasteiger partial charge >= 0.3 is 23.9 Å². The number of allylic oxidation sites excluding steroid dienone is 2. The highest BCUT2D eigenvalue weighted by Gasteiger charge is 2.38. The summed E-state index contributed by atoms with van der Waals surface area (Å²) in [6.07, 6.45) is 37.3. The van der Waals surface area contributed by atoms with E-state index in [9.17, 15) is 19.2 Å². The van der Waals surface area contributed by atoms with Gasteiger partial charge in [-0.15, -0.1) is 0 Å². The van der Waals surface area contributed by atoms with Crippen molar-refractivity contribution < 1.29 is 38.1 Å². The highest BCUT2D eigenvalue weighted by Crippen LogP contribution is 2.39. The van der Waals surface area contributed by atoms with E-state index in [4.69, 9.17) is 18.9 Å². The Kier molecular flexibility index (Phi) is 32.3. The fourth-order valence-electron chi connectivity index (χ4n) is 8.11. The number of carbonyl (C=O) groups is 4. The summed E-state index contributed by atoms with van der Waals surface area (Å²) < 4.78 is 22.2. The number of ether oxygens (including phenoxy) is 4. The zero-order valence-electron chi connectivity index (χ0n) is 39.6. The smallest absolute Gasteiger partial charge is 0.336 e. The van der Waals surface area contributed by atoms with E-state index >= 15 is 0 Å². The van der Waals surface area contributed by atoms with Gasteiger partial charge in [0.25, 0.3) is 0 Å². The van der Waals surface area contributed by atoms with Crippen LogP contribution in [0, 0.1) is 0 Å². The zero-order chi connectivity index (χ0) is 44.9. The number of esters is 4. The van der Waals surface area contributed by atoms with Gasteiger partial charge in [0.2, 0.25) is 0 Å². The van der Waals surface area contributed by atoms with E-state index in [0.717, 1.165) is 38.5 Å². The lowest BCUT2D eigenvalue weighted by atomic mass is 9.81. The van der Waals surface area contributed by atoms with E-state index < -0.39 is 17.9 Å². The van der Waals surface area contributed by atoms with Crippen LogP contribution in [-0.2, 0) is 38.1 Å². The molecule has 10 nitrogen and oxygen atoms in total. The molecule has 2 heterocycles. The normalized spacial score (nSPS) is 13.0. The second-order valence-electron chi connectivity index (χ2n) is 17.3. The lowest BCUT2D eigenvalue weighted by Gasteiger charge is -2.30. The molecule has 0 spiro atoms. The first-order valence-electron chi connectivity index (χ1n) is 25.0. The predicted octanol–water partition coefficient (Wildman–Crippen LogP) is 13.2. The number of carbonyl (C=O) groups excluding carboxylic acids is 4. The number of aromatic nitrogens is 1. The number of hydrogen-bond donors (Lipinski definition) is 1. The van der Waals surface area contributed by atoms with Crippen LogP contribution in [-0.4, -0.2) is 55.3 Å². The summed E-state index contributed by atoms with van der Waals surface area (Å²) >= 11 is 0. The van der Waals surface area contributed by atoms with E-state index in [0.29, 0.717) is 42.6 Å². The summed E-state index contributed by atoms with van der Waals surface area (Å²) in [7, 11) is 0. The molecule has 1 aromatic rings. The van der Waals surface area contributed by atoms with Crippen molar-refractivity contribution in [1.82, 2.24) is 10.3 Å². The van der Waals surface area contributed by atoms with Crippen molar-refractivity contribution >= 4 is 23.9 Å². The number of nitrogens with one attached hydrogen (secondary N) is 1. The first-order valence-corrected chi connectivity index (χ1v) is 25.0. The first-order chi connectivity index (χ1) is 30.3. The van der Waals surface area contributed by atoms with Crippen molar-refractivity contribution in [3.05, 3.63) is 52.6 Å². The van der Waals surface area contributed by atoms with Gasteiger partial charge in [-0.1, -0.05) is 174 Å². The topological polar surface area (TPSA) is 130 Å². The van der Waals surface area contributed by atoms with Crippen LogP contribution < -0.4 is 5.32 Å². The molecular formula is C52H86N2O8. The van der Waals surface area contributed by atoms with Crippen LogP contribution in [0.15, 0.2) is 47.1 Å². The average Bonchev–Trinajstić information content (AvgIpc) is 3.26. The Labute approximate surface area is 376 Å². The van der Waals surface area contributed by atoms with Crippen molar-refractivity contribution in [1.29, 1.82) is 0 Å². The highest BCUT2D eigenvalue weighted by atomic mass is 16.6. The van der Waals surface area contributed by atoms with Gasteiger partial charge in [-0.05, 0) is 38.3 Å². The Bertz CT molecular complexity index is 1340. The fourth-order valence-corrected chi connectivity index (χ4v) is 8.11. The largest absolute Gasteiger partial charge is 0.466 e. The van der Waals surface area contributed by atoms with E-state index in [1.807, 2.05) is 6.07 Å². The third-order valence-electron chi connectivity index (χ3n) is 11.8. The maximum absolute atomic E-state index is 13.6. The van der Waals surface area contributed by atoms with Crippen LogP contribution in [0.3, 0.4) is 0 Å². The van der Waals surface area contributed by atoms with Crippen molar-refractivity contribution in [2.24, 2.45) is 0 Å². The number of unbranched alkanes of at least 4 members (excludes halogenated alkanes) is 24. The minimum absolute atomic E-state index is 0.0575. The van der Waals surface area contributed by atoms with Crippen molar-refractivity contribution in [2.75, 3.05) is 26.4 Å². The summed E-state index contributed by atoms with van der Waals surface area (Å²) in [4.78, 5) is 56.1. The Morgan fingerprint density at radius 2 is 0.823 bits per heavy atom. The van der Waals surface area contributed by atoms with Crippen LogP contribution in [0.5, 0.6) is 0 Å². The summed E-state index contributed by atoms with van der Waals surface area (Å²) in [6.45, 7) is 8.50. The molecule has 10 heteroatoms.